The van der Waals surface area contributed by atoms with Crippen LogP contribution in [0.3, 0.4) is 0 Å². The average Bonchev–Trinajstić information content (AvgIpc) is 2.63. The van der Waals surface area contributed by atoms with E-state index in [2.05, 4.69) is 5.32 Å². The van der Waals surface area contributed by atoms with E-state index in [0.717, 1.165) is 11.1 Å². The number of benzene rings is 2. The molecule has 2 aromatic carbocycles. The fourth-order valence-corrected chi connectivity index (χ4v) is 3.77. The van der Waals surface area contributed by atoms with Crippen molar-refractivity contribution in [2.24, 2.45) is 0 Å². The van der Waals surface area contributed by atoms with Crippen LogP contribution < -0.4 is 5.32 Å². The summed E-state index contributed by atoms with van der Waals surface area (Å²) in [6, 6.07) is 12.4. The molecule has 4 nitrogen and oxygen atoms in total. The summed E-state index contributed by atoms with van der Waals surface area (Å²) in [5.74, 6) is -0.319. The van der Waals surface area contributed by atoms with Gasteiger partial charge in [-0.25, -0.2) is 0 Å². The molecule has 2 amide bonds. The Bertz CT molecular complexity index is 847. The molecule has 0 saturated heterocycles. The third-order valence-electron chi connectivity index (χ3n) is 4.64. The maximum Gasteiger partial charge on any atom is 0.243 e. The number of hydrogen-bond acceptors (Lipinski definition) is 2. The molecule has 2 aromatic rings. The van der Waals surface area contributed by atoms with Crippen molar-refractivity contribution in [2.75, 3.05) is 0 Å². The summed E-state index contributed by atoms with van der Waals surface area (Å²) in [4.78, 5) is 27.7. The number of nitrogens with one attached hydrogen (secondary N) is 1. The minimum absolute atomic E-state index is 0.0193. The fraction of sp³-hybridized carbons (Fsp3) is 0.391. The second kappa shape index (κ2) is 10.7. The van der Waals surface area contributed by atoms with Gasteiger partial charge < -0.3 is 10.2 Å². The molecule has 156 valence electrons. The molecule has 1 N–H and O–H groups in total. The number of nitrogens with zero attached hydrogens (tertiary/aromatic N) is 1. The van der Waals surface area contributed by atoms with E-state index in [-0.39, 0.29) is 30.8 Å². The Morgan fingerprint density at radius 3 is 2.24 bits per heavy atom. The molecule has 0 bridgehead atoms. The highest BCUT2D eigenvalue weighted by molar-refractivity contribution is 6.36. The first kappa shape index (κ1) is 23.2. The van der Waals surface area contributed by atoms with E-state index in [1.165, 1.54) is 0 Å². The minimum atomic E-state index is -0.609. The average molecular weight is 435 g/mol. The zero-order valence-corrected chi connectivity index (χ0v) is 18.8. The molecule has 29 heavy (non-hydrogen) atoms. The summed E-state index contributed by atoms with van der Waals surface area (Å²) in [5.41, 5.74) is 2.63. The van der Waals surface area contributed by atoms with Crippen molar-refractivity contribution < 1.29 is 9.59 Å². The predicted molar refractivity (Wildman–Crippen MR) is 119 cm³/mol. The standard InChI is InChI=1S/C23H28Cl2N2O2/c1-5-21(23(29)26-15(2)3)27(14-18-19(24)10-7-11-20(18)25)22(28)13-17-9-6-8-16(4)12-17/h6-12,15,21H,5,13-14H2,1-4H3,(H,26,29). The lowest BCUT2D eigenvalue weighted by Crippen LogP contribution is -2.50. The van der Waals surface area contributed by atoms with Gasteiger partial charge in [0.15, 0.2) is 0 Å². The van der Waals surface area contributed by atoms with Crippen molar-refractivity contribution in [1.29, 1.82) is 0 Å². The first-order valence-electron chi connectivity index (χ1n) is 9.81. The molecular weight excluding hydrogens is 407 g/mol. The lowest BCUT2D eigenvalue weighted by atomic mass is 10.0. The lowest BCUT2D eigenvalue weighted by Gasteiger charge is -2.32. The minimum Gasteiger partial charge on any atom is -0.352 e. The number of carbonyl (C=O) groups is 2. The number of amides is 2. The predicted octanol–water partition coefficient (Wildman–Crippen LogP) is 5.18. The largest absolute Gasteiger partial charge is 0.352 e. The molecule has 2 rings (SSSR count). The topological polar surface area (TPSA) is 49.4 Å². The zero-order valence-electron chi connectivity index (χ0n) is 17.3. The van der Waals surface area contributed by atoms with Crippen LogP contribution in [0.5, 0.6) is 0 Å². The van der Waals surface area contributed by atoms with Crippen LogP contribution in [0.15, 0.2) is 42.5 Å². The maximum absolute atomic E-state index is 13.3. The first-order valence-corrected chi connectivity index (χ1v) is 10.6. The van der Waals surface area contributed by atoms with E-state index in [9.17, 15) is 9.59 Å². The normalized spacial score (nSPS) is 12.0. The van der Waals surface area contributed by atoms with Crippen LogP contribution in [0.25, 0.3) is 0 Å². The summed E-state index contributed by atoms with van der Waals surface area (Å²) < 4.78 is 0. The molecule has 1 unspecified atom stereocenters. The zero-order chi connectivity index (χ0) is 21.6. The second-order valence-electron chi connectivity index (χ2n) is 7.48. The van der Waals surface area contributed by atoms with Crippen LogP contribution in [0.2, 0.25) is 10.0 Å². The summed E-state index contributed by atoms with van der Waals surface area (Å²) in [5, 5.41) is 3.87. The number of rotatable bonds is 8. The van der Waals surface area contributed by atoms with Gasteiger partial charge in [0, 0.05) is 28.2 Å². The van der Waals surface area contributed by atoms with Gasteiger partial charge in [0.1, 0.15) is 6.04 Å². The number of halogens is 2. The highest BCUT2D eigenvalue weighted by Crippen LogP contribution is 2.27. The van der Waals surface area contributed by atoms with Gasteiger partial charge in [-0.1, -0.05) is 66.0 Å². The van der Waals surface area contributed by atoms with E-state index >= 15 is 0 Å². The summed E-state index contributed by atoms with van der Waals surface area (Å²) in [6.45, 7) is 7.85. The van der Waals surface area contributed by atoms with Gasteiger partial charge in [-0.3, -0.25) is 9.59 Å². The van der Waals surface area contributed by atoms with Crippen LogP contribution in [0, 0.1) is 6.92 Å². The van der Waals surface area contributed by atoms with Crippen molar-refractivity contribution in [3.05, 3.63) is 69.2 Å². The van der Waals surface area contributed by atoms with E-state index < -0.39 is 6.04 Å². The SMILES string of the molecule is CCC(C(=O)NC(C)C)N(Cc1c(Cl)cccc1Cl)C(=O)Cc1cccc(C)c1. The van der Waals surface area contributed by atoms with Crippen molar-refractivity contribution in [1.82, 2.24) is 10.2 Å². The van der Waals surface area contributed by atoms with Crippen LogP contribution in [0.4, 0.5) is 0 Å². The van der Waals surface area contributed by atoms with Gasteiger partial charge in [-0.2, -0.15) is 0 Å². The van der Waals surface area contributed by atoms with Crippen LogP contribution in [0.1, 0.15) is 43.9 Å². The van der Waals surface area contributed by atoms with E-state index in [0.29, 0.717) is 22.0 Å². The summed E-state index contributed by atoms with van der Waals surface area (Å²) in [6.07, 6.45) is 0.690. The van der Waals surface area contributed by atoms with Crippen molar-refractivity contribution >= 4 is 35.0 Å². The third kappa shape index (κ3) is 6.48. The van der Waals surface area contributed by atoms with E-state index in [4.69, 9.17) is 23.2 Å². The van der Waals surface area contributed by atoms with E-state index in [1.54, 1.807) is 23.1 Å². The Hall–Kier alpha value is -2.04. The number of aryl methyl sites for hydroxylation is 1. The third-order valence-corrected chi connectivity index (χ3v) is 5.35. The monoisotopic (exact) mass is 434 g/mol. The van der Waals surface area contributed by atoms with Crippen LogP contribution >= 0.6 is 23.2 Å². The summed E-state index contributed by atoms with van der Waals surface area (Å²) >= 11 is 12.7. The van der Waals surface area contributed by atoms with Gasteiger partial charge in [0.25, 0.3) is 0 Å². The Labute approximate surface area is 183 Å². The van der Waals surface area contributed by atoms with Crippen LogP contribution in [-0.2, 0) is 22.6 Å². The molecule has 0 saturated carbocycles. The lowest BCUT2D eigenvalue weighted by molar-refractivity contribution is -0.141. The molecular formula is C23H28Cl2N2O2. The smallest absolute Gasteiger partial charge is 0.243 e. The van der Waals surface area contributed by atoms with E-state index in [1.807, 2.05) is 52.0 Å². The molecule has 0 aliphatic carbocycles. The van der Waals surface area contributed by atoms with Gasteiger partial charge in [-0.15, -0.1) is 0 Å². The Kier molecular flexibility index (Phi) is 8.54. The van der Waals surface area contributed by atoms with Gasteiger partial charge in [0.2, 0.25) is 11.8 Å². The second-order valence-corrected chi connectivity index (χ2v) is 8.29. The maximum atomic E-state index is 13.3. The Morgan fingerprint density at radius 1 is 1.07 bits per heavy atom. The quantitative estimate of drug-likeness (QED) is 0.622. The summed E-state index contributed by atoms with van der Waals surface area (Å²) in [7, 11) is 0. The number of carbonyl (C=O) groups excluding carboxylic acids is 2. The molecule has 0 radical (unpaired) electrons. The van der Waals surface area contributed by atoms with Crippen molar-refractivity contribution in [2.45, 2.75) is 59.2 Å². The molecule has 0 aromatic heterocycles. The molecule has 0 spiro atoms. The molecule has 1 atom stereocenters. The molecule has 0 aliphatic heterocycles. The molecule has 0 heterocycles. The molecule has 0 fully saturated rings. The number of hydrogen-bond donors (Lipinski definition) is 1. The fourth-order valence-electron chi connectivity index (χ4n) is 3.25. The highest BCUT2D eigenvalue weighted by Gasteiger charge is 2.30. The molecule has 6 heteroatoms. The van der Waals surface area contributed by atoms with Gasteiger partial charge >= 0.3 is 0 Å². The van der Waals surface area contributed by atoms with Crippen molar-refractivity contribution in [3.8, 4) is 0 Å². The van der Waals surface area contributed by atoms with Gasteiger partial charge in [0.05, 0.1) is 6.42 Å². The Morgan fingerprint density at radius 2 is 1.69 bits per heavy atom. The van der Waals surface area contributed by atoms with Gasteiger partial charge in [-0.05, 0) is 44.9 Å². The highest BCUT2D eigenvalue weighted by atomic mass is 35.5. The van der Waals surface area contributed by atoms with Crippen molar-refractivity contribution in [3.63, 3.8) is 0 Å². The first-order chi connectivity index (χ1) is 13.7. The van der Waals surface area contributed by atoms with Crippen LogP contribution in [-0.4, -0.2) is 28.8 Å². The molecule has 0 aliphatic rings. The Balaban J connectivity index is 2.37.